The third-order valence-corrected chi connectivity index (χ3v) is 6.53. The summed E-state index contributed by atoms with van der Waals surface area (Å²) in [7, 11) is 2.26. The third kappa shape index (κ3) is 3.25. The van der Waals surface area contributed by atoms with E-state index in [2.05, 4.69) is 48.3 Å². The number of benzene rings is 2. The van der Waals surface area contributed by atoms with Gasteiger partial charge in [0.2, 0.25) is 11.7 Å². The summed E-state index contributed by atoms with van der Waals surface area (Å²) in [5, 5.41) is 4.31. The standard InChI is InChI=1S/C23H25N3O.ClH/c1-15-8-10-16(11-9-15)19-14-18-12-13-20(26(18)2)21(19)23-24-22(25-27-23)17-6-4-3-5-7-17;/h3-11,18-21H,12-14H2,1-2H3;1H/t18?,19?,20?,21-;/m0./s1. The van der Waals surface area contributed by atoms with Gasteiger partial charge in [0, 0.05) is 17.6 Å². The Bertz CT molecular complexity index is 925. The molecule has 0 saturated carbocycles. The molecule has 3 heterocycles. The normalized spacial score (nSPS) is 26.8. The zero-order valence-corrected chi connectivity index (χ0v) is 17.1. The molecule has 2 aromatic carbocycles. The molecule has 0 radical (unpaired) electrons. The average molecular weight is 396 g/mol. The topological polar surface area (TPSA) is 42.2 Å². The Labute approximate surface area is 172 Å². The summed E-state index contributed by atoms with van der Waals surface area (Å²) in [5.74, 6) is 2.16. The molecule has 2 aliphatic heterocycles. The van der Waals surface area contributed by atoms with Crippen molar-refractivity contribution in [3.8, 4) is 11.4 Å². The van der Waals surface area contributed by atoms with E-state index in [4.69, 9.17) is 9.51 Å². The summed E-state index contributed by atoms with van der Waals surface area (Å²) in [5.41, 5.74) is 3.71. The number of likely N-dealkylation sites (N-methyl/N-ethyl adjacent to an activating group) is 1. The van der Waals surface area contributed by atoms with Gasteiger partial charge in [0.15, 0.2) is 0 Å². The highest BCUT2D eigenvalue weighted by atomic mass is 35.5. The van der Waals surface area contributed by atoms with Crippen LogP contribution in [0.15, 0.2) is 59.1 Å². The van der Waals surface area contributed by atoms with Crippen LogP contribution in [0.5, 0.6) is 0 Å². The second-order valence-electron chi connectivity index (χ2n) is 8.06. The summed E-state index contributed by atoms with van der Waals surface area (Å²) >= 11 is 0. The lowest BCUT2D eigenvalue weighted by Gasteiger charge is -2.41. The number of fused-ring (bicyclic) bond motifs is 2. The van der Waals surface area contributed by atoms with Crippen molar-refractivity contribution >= 4 is 12.4 Å². The van der Waals surface area contributed by atoms with E-state index in [0.717, 1.165) is 17.9 Å². The maximum atomic E-state index is 5.85. The van der Waals surface area contributed by atoms with Crippen molar-refractivity contribution < 1.29 is 4.52 Å². The van der Waals surface area contributed by atoms with Gasteiger partial charge in [-0.2, -0.15) is 4.98 Å². The molecule has 3 unspecified atom stereocenters. The molecule has 0 aliphatic carbocycles. The maximum Gasteiger partial charge on any atom is 0.232 e. The van der Waals surface area contributed by atoms with Gasteiger partial charge >= 0.3 is 0 Å². The van der Waals surface area contributed by atoms with Crippen LogP contribution in [0, 0.1) is 6.92 Å². The average Bonchev–Trinajstić information content (AvgIpc) is 3.26. The lowest BCUT2D eigenvalue weighted by molar-refractivity contribution is 0.120. The van der Waals surface area contributed by atoms with Crippen LogP contribution >= 0.6 is 12.4 Å². The number of aryl methyl sites for hydroxylation is 1. The quantitative estimate of drug-likeness (QED) is 0.611. The van der Waals surface area contributed by atoms with Gasteiger partial charge in [-0.3, -0.25) is 4.90 Å². The van der Waals surface area contributed by atoms with E-state index in [1.807, 2.05) is 30.3 Å². The van der Waals surface area contributed by atoms with E-state index in [1.54, 1.807) is 0 Å². The fraction of sp³-hybridized carbons (Fsp3) is 0.391. The molecule has 28 heavy (non-hydrogen) atoms. The number of hydrogen-bond acceptors (Lipinski definition) is 4. The highest BCUT2D eigenvalue weighted by molar-refractivity contribution is 5.85. The second-order valence-corrected chi connectivity index (χ2v) is 8.06. The molecule has 2 fully saturated rings. The van der Waals surface area contributed by atoms with Crippen LogP contribution in [0.2, 0.25) is 0 Å². The Morgan fingerprint density at radius 2 is 1.75 bits per heavy atom. The van der Waals surface area contributed by atoms with E-state index < -0.39 is 0 Å². The zero-order valence-electron chi connectivity index (χ0n) is 16.3. The highest BCUT2D eigenvalue weighted by Gasteiger charge is 2.48. The molecule has 2 saturated heterocycles. The van der Waals surface area contributed by atoms with Crippen molar-refractivity contribution in [1.29, 1.82) is 0 Å². The smallest absolute Gasteiger partial charge is 0.232 e. The first kappa shape index (κ1) is 19.2. The highest BCUT2D eigenvalue weighted by Crippen LogP contribution is 2.50. The van der Waals surface area contributed by atoms with E-state index in [-0.39, 0.29) is 18.3 Å². The minimum atomic E-state index is 0. The molecular weight excluding hydrogens is 370 g/mol. The molecule has 0 amide bonds. The van der Waals surface area contributed by atoms with Crippen molar-refractivity contribution in [3.05, 3.63) is 71.6 Å². The van der Waals surface area contributed by atoms with Crippen LogP contribution in [-0.4, -0.2) is 34.2 Å². The van der Waals surface area contributed by atoms with Gasteiger partial charge in [-0.05, 0) is 44.7 Å². The lowest BCUT2D eigenvalue weighted by atomic mass is 9.76. The van der Waals surface area contributed by atoms with Gasteiger partial charge in [-0.1, -0.05) is 65.3 Å². The number of piperidine rings is 1. The molecule has 5 rings (SSSR count). The van der Waals surface area contributed by atoms with Crippen LogP contribution in [0.25, 0.3) is 11.4 Å². The van der Waals surface area contributed by atoms with Crippen LogP contribution in [0.4, 0.5) is 0 Å². The number of rotatable bonds is 3. The summed E-state index contributed by atoms with van der Waals surface area (Å²) in [6.07, 6.45) is 3.63. The Hall–Kier alpha value is -2.17. The van der Waals surface area contributed by atoms with Gasteiger partial charge in [0.05, 0.1) is 5.92 Å². The Morgan fingerprint density at radius 3 is 2.50 bits per heavy atom. The lowest BCUT2D eigenvalue weighted by Crippen LogP contribution is -2.44. The first-order valence-corrected chi connectivity index (χ1v) is 9.88. The predicted molar refractivity (Wildman–Crippen MR) is 113 cm³/mol. The summed E-state index contributed by atoms with van der Waals surface area (Å²) < 4.78 is 5.85. The number of halogens is 1. The fourth-order valence-corrected chi connectivity index (χ4v) is 5.03. The van der Waals surface area contributed by atoms with E-state index in [9.17, 15) is 0 Å². The summed E-state index contributed by atoms with van der Waals surface area (Å²) in [6.45, 7) is 2.14. The molecule has 2 aliphatic rings. The van der Waals surface area contributed by atoms with Gasteiger partial charge in [-0.25, -0.2) is 0 Å². The van der Waals surface area contributed by atoms with Crippen LogP contribution in [-0.2, 0) is 0 Å². The number of nitrogens with zero attached hydrogens (tertiary/aromatic N) is 3. The van der Waals surface area contributed by atoms with Crippen molar-refractivity contribution in [2.24, 2.45) is 0 Å². The van der Waals surface area contributed by atoms with Gasteiger partial charge in [-0.15, -0.1) is 12.4 Å². The van der Waals surface area contributed by atoms with Crippen molar-refractivity contribution in [3.63, 3.8) is 0 Å². The summed E-state index contributed by atoms with van der Waals surface area (Å²) in [4.78, 5) is 7.39. The van der Waals surface area contributed by atoms with E-state index >= 15 is 0 Å². The Balaban J connectivity index is 0.00000192. The van der Waals surface area contributed by atoms with E-state index in [1.165, 1.54) is 24.0 Å². The molecule has 1 aromatic heterocycles. The van der Waals surface area contributed by atoms with Crippen molar-refractivity contribution in [1.82, 2.24) is 15.0 Å². The first-order chi connectivity index (χ1) is 13.2. The van der Waals surface area contributed by atoms with Crippen LogP contribution in [0.3, 0.4) is 0 Å². The molecule has 0 N–H and O–H groups in total. The molecule has 146 valence electrons. The zero-order chi connectivity index (χ0) is 18.4. The molecule has 0 spiro atoms. The Morgan fingerprint density at radius 1 is 1.00 bits per heavy atom. The SMILES string of the molecule is Cc1ccc(C2CC3CCC([C@H]2c2nc(-c4ccccc4)no2)N3C)cc1.Cl. The number of aromatic nitrogens is 2. The largest absolute Gasteiger partial charge is 0.339 e. The van der Waals surface area contributed by atoms with Crippen molar-refractivity contribution in [2.75, 3.05) is 7.05 Å². The minimum absolute atomic E-state index is 0. The molecule has 3 aromatic rings. The molecular formula is C23H26ClN3O. The van der Waals surface area contributed by atoms with Gasteiger partial charge in [0.25, 0.3) is 0 Å². The minimum Gasteiger partial charge on any atom is -0.339 e. The fourth-order valence-electron chi connectivity index (χ4n) is 5.03. The van der Waals surface area contributed by atoms with Gasteiger partial charge in [0.1, 0.15) is 0 Å². The van der Waals surface area contributed by atoms with E-state index in [0.29, 0.717) is 23.8 Å². The first-order valence-electron chi connectivity index (χ1n) is 9.88. The molecule has 4 nitrogen and oxygen atoms in total. The predicted octanol–water partition coefficient (Wildman–Crippen LogP) is 5.20. The molecule has 4 atom stereocenters. The van der Waals surface area contributed by atoms with Crippen LogP contribution in [0.1, 0.15) is 48.1 Å². The number of hydrogen-bond donors (Lipinski definition) is 0. The summed E-state index contributed by atoms with van der Waals surface area (Å²) in [6, 6.07) is 20.2. The van der Waals surface area contributed by atoms with Crippen molar-refractivity contribution in [2.45, 2.75) is 50.1 Å². The third-order valence-electron chi connectivity index (χ3n) is 6.53. The Kier molecular flexibility index (Phi) is 5.26. The second kappa shape index (κ2) is 7.69. The van der Waals surface area contributed by atoms with Gasteiger partial charge < -0.3 is 4.52 Å². The maximum absolute atomic E-state index is 5.85. The molecule has 5 heteroatoms. The molecule has 2 bridgehead atoms. The van der Waals surface area contributed by atoms with Crippen LogP contribution < -0.4 is 0 Å². The monoisotopic (exact) mass is 395 g/mol.